The molecule has 2 heterocycles. The fourth-order valence-corrected chi connectivity index (χ4v) is 22.2. The van der Waals surface area contributed by atoms with Crippen molar-refractivity contribution in [2.24, 2.45) is 0 Å². The number of benzene rings is 26. The molecule has 0 saturated heterocycles. The minimum atomic E-state index is 0.891. The van der Waals surface area contributed by atoms with E-state index in [1.807, 2.05) is 6.07 Å². The molecule has 28 rings (SSSR count). The van der Waals surface area contributed by atoms with E-state index >= 15 is 0 Å². The second kappa shape index (κ2) is 33.2. The monoisotopic (exact) mass is 1720 g/mol. The van der Waals surface area contributed by atoms with Gasteiger partial charge in [0.05, 0.1) is 0 Å². The zero-order valence-corrected chi connectivity index (χ0v) is 74.3. The maximum Gasteiger partial charge on any atom is 0.136 e. The Morgan fingerprint density at radius 1 is 0.103 bits per heavy atom. The Balaban J connectivity index is 0.000000109. The molecule has 0 atom stereocenters. The van der Waals surface area contributed by atoms with Crippen LogP contribution in [0.2, 0.25) is 0 Å². The van der Waals surface area contributed by atoms with Gasteiger partial charge in [-0.15, -0.1) is 0 Å². The van der Waals surface area contributed by atoms with E-state index < -0.39 is 0 Å². The topological polar surface area (TPSA) is 26.3 Å². The van der Waals surface area contributed by atoms with Gasteiger partial charge in [-0.1, -0.05) is 461 Å². The highest BCUT2D eigenvalue weighted by atomic mass is 16.3. The summed E-state index contributed by atoms with van der Waals surface area (Å²) in [5, 5.41) is 32.1. The Kier molecular flexibility index (Phi) is 19.3. The van der Waals surface area contributed by atoms with Gasteiger partial charge in [0.1, 0.15) is 22.3 Å². The van der Waals surface area contributed by atoms with Crippen molar-refractivity contribution in [3.8, 4) is 111 Å². The molecule has 26 aromatic carbocycles. The first-order valence-electron chi connectivity index (χ1n) is 46.9. The first kappa shape index (κ1) is 79.2. The zero-order chi connectivity index (χ0) is 89.7. The lowest BCUT2D eigenvalue weighted by Crippen LogP contribution is -1.94. The molecule has 632 valence electrons. The van der Waals surface area contributed by atoms with Crippen LogP contribution in [0, 0.1) is 0 Å². The van der Waals surface area contributed by atoms with E-state index in [2.05, 4.69) is 504 Å². The summed E-state index contributed by atoms with van der Waals surface area (Å²) in [5.41, 5.74) is 28.1. The molecule has 2 nitrogen and oxygen atoms in total. The third-order valence-corrected chi connectivity index (χ3v) is 28.1. The van der Waals surface area contributed by atoms with Crippen molar-refractivity contribution >= 4 is 162 Å². The molecule has 0 aliphatic heterocycles. The third-order valence-electron chi connectivity index (χ3n) is 28.1. The average molecular weight is 1730 g/mol. The molecular formula is C134H84O2. The minimum absolute atomic E-state index is 0.891. The van der Waals surface area contributed by atoms with E-state index in [1.165, 1.54) is 219 Å². The maximum absolute atomic E-state index is 6.74. The highest BCUT2D eigenvalue weighted by molar-refractivity contribution is 6.30. The van der Waals surface area contributed by atoms with Crippen LogP contribution in [0.25, 0.3) is 274 Å². The fourth-order valence-electron chi connectivity index (χ4n) is 22.2. The molecule has 136 heavy (non-hydrogen) atoms. The van der Waals surface area contributed by atoms with Gasteiger partial charge >= 0.3 is 0 Å². The lowest BCUT2D eigenvalue weighted by molar-refractivity contribution is 0.669. The number of para-hydroxylation sites is 2. The van der Waals surface area contributed by atoms with Crippen LogP contribution < -0.4 is 0 Å². The van der Waals surface area contributed by atoms with Crippen molar-refractivity contribution in [1.29, 1.82) is 0 Å². The van der Waals surface area contributed by atoms with E-state index in [0.29, 0.717) is 0 Å². The van der Waals surface area contributed by atoms with E-state index in [4.69, 9.17) is 8.83 Å². The van der Waals surface area contributed by atoms with Crippen LogP contribution in [-0.4, -0.2) is 0 Å². The van der Waals surface area contributed by atoms with Crippen molar-refractivity contribution in [2.75, 3.05) is 0 Å². The lowest BCUT2D eigenvalue weighted by Gasteiger charge is -2.21. The number of furan rings is 2. The summed E-state index contributed by atoms with van der Waals surface area (Å²) in [6, 6.07) is 185. The molecule has 28 aromatic rings. The van der Waals surface area contributed by atoms with Crippen LogP contribution in [0.4, 0.5) is 0 Å². The van der Waals surface area contributed by atoms with Crippen LogP contribution in [0.5, 0.6) is 0 Å². The second-order valence-electron chi connectivity index (χ2n) is 35.7. The van der Waals surface area contributed by atoms with Crippen molar-refractivity contribution in [3.05, 3.63) is 510 Å². The van der Waals surface area contributed by atoms with E-state index in [9.17, 15) is 0 Å². The molecule has 0 amide bonds. The van der Waals surface area contributed by atoms with Gasteiger partial charge < -0.3 is 8.83 Å². The number of hydrogen-bond donors (Lipinski definition) is 0. The number of hydrogen-bond acceptors (Lipinski definition) is 2. The predicted molar refractivity (Wildman–Crippen MR) is 581 cm³/mol. The summed E-state index contributed by atoms with van der Waals surface area (Å²) >= 11 is 0. The lowest BCUT2D eigenvalue weighted by atomic mass is 9.82. The smallest absolute Gasteiger partial charge is 0.136 e. The summed E-state index contributed by atoms with van der Waals surface area (Å²) < 4.78 is 13.2. The van der Waals surface area contributed by atoms with Crippen LogP contribution in [-0.2, 0) is 0 Å². The molecule has 2 aromatic heterocycles. The number of fused-ring (bicyclic) bond motifs is 18. The highest BCUT2D eigenvalue weighted by Gasteiger charge is 2.27. The maximum atomic E-state index is 6.74. The Morgan fingerprint density at radius 3 is 0.890 bits per heavy atom. The van der Waals surface area contributed by atoms with Crippen LogP contribution >= 0.6 is 0 Å². The quantitative estimate of drug-likeness (QED) is 0.101. The Hall–Kier alpha value is -17.8. The van der Waals surface area contributed by atoms with Gasteiger partial charge in [0.2, 0.25) is 0 Å². The summed E-state index contributed by atoms with van der Waals surface area (Å²) in [5.74, 6) is 0. The molecule has 0 fully saturated rings. The van der Waals surface area contributed by atoms with Crippen LogP contribution in [0.3, 0.4) is 0 Å². The summed E-state index contributed by atoms with van der Waals surface area (Å²) in [7, 11) is 0. The highest BCUT2D eigenvalue weighted by Crippen LogP contribution is 2.54. The van der Waals surface area contributed by atoms with Gasteiger partial charge in [0, 0.05) is 21.5 Å². The van der Waals surface area contributed by atoms with Crippen molar-refractivity contribution in [2.45, 2.75) is 0 Å². The first-order valence-corrected chi connectivity index (χ1v) is 46.9. The molecule has 0 unspecified atom stereocenters. The summed E-state index contributed by atoms with van der Waals surface area (Å²) in [6.45, 7) is 0. The molecule has 0 aliphatic carbocycles. The van der Waals surface area contributed by atoms with Gasteiger partial charge in [-0.05, 0) is 278 Å². The van der Waals surface area contributed by atoms with Crippen LogP contribution in [0.15, 0.2) is 518 Å². The van der Waals surface area contributed by atoms with Crippen molar-refractivity contribution in [3.63, 3.8) is 0 Å². The van der Waals surface area contributed by atoms with Gasteiger partial charge in [0.25, 0.3) is 0 Å². The zero-order valence-electron chi connectivity index (χ0n) is 74.3. The van der Waals surface area contributed by atoms with Crippen molar-refractivity contribution < 1.29 is 8.83 Å². The predicted octanol–water partition coefficient (Wildman–Crippen LogP) is 38.2. The third kappa shape index (κ3) is 13.4. The van der Waals surface area contributed by atoms with Crippen LogP contribution in [0.1, 0.15) is 0 Å². The molecule has 2 heteroatoms. The van der Waals surface area contributed by atoms with Crippen molar-refractivity contribution in [1.82, 2.24) is 0 Å². The molecule has 0 radical (unpaired) electrons. The molecule has 0 saturated carbocycles. The number of rotatable bonds is 10. The standard InChI is InChI=1S/C56H34O.C40H26.C38H24O/c1-3-19-38-35(16-1)18-15-30-40(38)37-33-51(56-49-29-13-14-31-52(49)57-53(56)34-37)55-47-27-11-9-25-45(47)54(46-26-10-12-28-48(46)55)44-24-8-7-23-43(44)50-32-36-17-2-4-20-39(36)41-21-5-6-22-42(41)50;1-2-12-31-26-32(25-20-27(31)10-1)40-37-17-7-5-15-35(37)39(36-16-6-8-18-38(36)40)30-23-21-29(22-24-30)34-19-9-13-28-11-3-4-14-33(28)34;1-3-13-25(14-4-1)27-23-33(38-32-21-11-12-22-34(32)39-35(38)24-27)37-30-19-9-7-17-28(30)36(26-15-5-2-6-16-26)29-18-8-10-20-31(29)37/h1-34H;1-26H;1-24H. The largest absolute Gasteiger partial charge is 0.456 e. The summed E-state index contributed by atoms with van der Waals surface area (Å²) in [4.78, 5) is 0. The molecule has 0 spiro atoms. The van der Waals surface area contributed by atoms with Gasteiger partial charge in [-0.25, -0.2) is 0 Å². The molecular weight excluding hydrogens is 1640 g/mol. The van der Waals surface area contributed by atoms with Gasteiger partial charge in [-0.2, -0.15) is 0 Å². The Morgan fingerprint density at radius 2 is 0.404 bits per heavy atom. The van der Waals surface area contributed by atoms with E-state index in [1.54, 1.807) is 0 Å². The average Bonchev–Trinajstić information content (AvgIpc) is 1.25. The Bertz CT molecular complexity index is 9490. The first-order chi connectivity index (χ1) is 67.5. The summed E-state index contributed by atoms with van der Waals surface area (Å²) in [6.07, 6.45) is 0. The van der Waals surface area contributed by atoms with E-state index in [-0.39, 0.29) is 0 Å². The normalized spacial score (nSPS) is 11.7. The Labute approximate surface area is 786 Å². The SMILES string of the molecule is c1ccc(-c2cc(-c3c4ccccc4c(-c4ccccc4)c4ccccc34)c3c(c2)oc2ccccc23)cc1.c1ccc(-c2cc3ccccc3c3ccccc23)c(-c2c3ccccc3c(-c3cc(-c4cccc5ccccc45)cc4oc5ccccc5c34)c3ccccc23)c1.c1ccc2cc(-c3c4ccccc4c(-c4ccc(-c5cccc6ccccc56)cc4)c4ccccc34)ccc2c1. The second-order valence-corrected chi connectivity index (χ2v) is 35.7. The van der Waals surface area contributed by atoms with Gasteiger partial charge in [-0.3, -0.25) is 0 Å². The van der Waals surface area contributed by atoms with E-state index in [0.717, 1.165) is 55.0 Å². The fraction of sp³-hybridized carbons (Fsp3) is 0. The van der Waals surface area contributed by atoms with Gasteiger partial charge in [0.15, 0.2) is 0 Å². The molecule has 0 N–H and O–H groups in total. The molecule has 0 aliphatic rings. The molecule has 0 bridgehead atoms. The minimum Gasteiger partial charge on any atom is -0.456 e.